The van der Waals surface area contributed by atoms with E-state index in [9.17, 15) is 14.7 Å². The molecular formula is C29H33N5O5. The first-order chi connectivity index (χ1) is 18.7. The van der Waals surface area contributed by atoms with Gasteiger partial charge in [0.25, 0.3) is 0 Å². The van der Waals surface area contributed by atoms with Crippen molar-refractivity contribution in [2.24, 2.45) is 0 Å². The molecule has 0 radical (unpaired) electrons. The number of phenolic OH excluding ortho intramolecular Hbond substituents is 1. The summed E-state index contributed by atoms with van der Waals surface area (Å²) in [6, 6.07) is 17.5. The molecule has 1 aromatic heterocycles. The van der Waals surface area contributed by atoms with Gasteiger partial charge in [-0.2, -0.15) is 0 Å². The minimum Gasteiger partial charge on any atom is -0.508 e. The molecule has 204 valence electrons. The van der Waals surface area contributed by atoms with Crippen LogP contribution in [0.2, 0.25) is 0 Å². The number of ether oxygens (including phenoxy) is 2. The highest BCUT2D eigenvalue weighted by Gasteiger charge is 2.36. The highest BCUT2D eigenvalue weighted by atomic mass is 16.5. The quantitative estimate of drug-likeness (QED) is 0.314. The first-order valence-electron chi connectivity index (χ1n) is 12.6. The molecule has 0 saturated heterocycles. The molecular weight excluding hydrogens is 498 g/mol. The van der Waals surface area contributed by atoms with Crippen molar-refractivity contribution in [2.75, 3.05) is 19.1 Å². The zero-order chi connectivity index (χ0) is 28.2. The number of anilines is 1. The average molecular weight is 532 g/mol. The van der Waals surface area contributed by atoms with Crippen LogP contribution in [0.15, 0.2) is 66.7 Å². The molecule has 1 heterocycles. The lowest BCUT2D eigenvalue weighted by Crippen LogP contribution is -2.51. The molecule has 3 aromatic carbocycles. The Balaban J connectivity index is 1.88. The zero-order valence-corrected chi connectivity index (χ0v) is 22.7. The minimum absolute atomic E-state index is 0.0433. The average Bonchev–Trinajstić information content (AvgIpc) is 3.34. The van der Waals surface area contributed by atoms with Gasteiger partial charge >= 0.3 is 0 Å². The van der Waals surface area contributed by atoms with Crippen molar-refractivity contribution in [1.29, 1.82) is 0 Å². The van der Waals surface area contributed by atoms with E-state index in [0.29, 0.717) is 40.2 Å². The van der Waals surface area contributed by atoms with E-state index in [1.54, 1.807) is 30.3 Å². The molecule has 0 aliphatic rings. The summed E-state index contributed by atoms with van der Waals surface area (Å²) >= 11 is 0. The monoisotopic (exact) mass is 531 g/mol. The van der Waals surface area contributed by atoms with Crippen LogP contribution in [0, 0.1) is 0 Å². The smallest absolute Gasteiger partial charge is 0.249 e. The van der Waals surface area contributed by atoms with Gasteiger partial charge < -0.3 is 19.9 Å². The number of amides is 2. The predicted molar refractivity (Wildman–Crippen MR) is 148 cm³/mol. The summed E-state index contributed by atoms with van der Waals surface area (Å²) in [6.07, 6.45) is 0.674. The molecule has 39 heavy (non-hydrogen) atoms. The number of hydrogen-bond acceptors (Lipinski definition) is 7. The molecule has 4 rings (SSSR count). The lowest BCUT2D eigenvalue weighted by molar-refractivity contribution is -0.128. The molecule has 2 N–H and O–H groups in total. The zero-order valence-electron chi connectivity index (χ0n) is 22.7. The lowest BCUT2D eigenvalue weighted by Gasteiger charge is -2.35. The van der Waals surface area contributed by atoms with Crippen molar-refractivity contribution in [3.05, 3.63) is 72.3 Å². The van der Waals surface area contributed by atoms with Gasteiger partial charge in [-0.3, -0.25) is 14.5 Å². The molecule has 0 bridgehead atoms. The summed E-state index contributed by atoms with van der Waals surface area (Å²) in [4.78, 5) is 29.6. The van der Waals surface area contributed by atoms with Gasteiger partial charge in [-0.1, -0.05) is 36.4 Å². The SMILES string of the molecule is CCC(C)(C)NC(=O)C(c1ccc(O)cc1)N(C(=O)Cn1nnc2ccccc21)c1cc(OC)cc(OC)c1. The second-order valence-corrected chi connectivity index (χ2v) is 9.79. The fourth-order valence-corrected chi connectivity index (χ4v) is 4.17. The van der Waals surface area contributed by atoms with Crippen molar-refractivity contribution in [1.82, 2.24) is 20.3 Å². The van der Waals surface area contributed by atoms with Gasteiger partial charge in [0.1, 0.15) is 35.4 Å². The number of benzene rings is 3. The van der Waals surface area contributed by atoms with Crippen molar-refractivity contribution in [2.45, 2.75) is 45.3 Å². The van der Waals surface area contributed by atoms with Gasteiger partial charge in [0, 0.05) is 23.7 Å². The van der Waals surface area contributed by atoms with E-state index in [0.717, 1.165) is 0 Å². The Labute approximate surface area is 227 Å². The maximum Gasteiger partial charge on any atom is 0.249 e. The van der Waals surface area contributed by atoms with Crippen molar-refractivity contribution >= 4 is 28.5 Å². The second-order valence-electron chi connectivity index (χ2n) is 9.79. The molecule has 0 fully saturated rings. The number of nitrogens with one attached hydrogen (secondary N) is 1. The largest absolute Gasteiger partial charge is 0.508 e. The summed E-state index contributed by atoms with van der Waals surface area (Å²) in [7, 11) is 3.03. The first kappa shape index (κ1) is 27.4. The van der Waals surface area contributed by atoms with E-state index in [1.807, 2.05) is 45.0 Å². The van der Waals surface area contributed by atoms with Gasteiger partial charge in [-0.15, -0.1) is 5.10 Å². The fraction of sp³-hybridized carbons (Fsp3) is 0.310. The Bertz CT molecular complexity index is 1440. The van der Waals surface area contributed by atoms with E-state index < -0.39 is 17.5 Å². The minimum atomic E-state index is -1.09. The van der Waals surface area contributed by atoms with E-state index in [-0.39, 0.29) is 18.2 Å². The van der Waals surface area contributed by atoms with Crippen molar-refractivity contribution in [3.63, 3.8) is 0 Å². The molecule has 1 unspecified atom stereocenters. The van der Waals surface area contributed by atoms with Crippen LogP contribution >= 0.6 is 0 Å². The molecule has 1 atom stereocenters. The van der Waals surface area contributed by atoms with Gasteiger partial charge in [0.05, 0.1) is 25.4 Å². The fourth-order valence-electron chi connectivity index (χ4n) is 4.17. The molecule has 4 aromatic rings. The highest BCUT2D eigenvalue weighted by Crippen LogP contribution is 2.35. The molecule has 10 heteroatoms. The number of hydrogen-bond donors (Lipinski definition) is 2. The molecule has 2 amide bonds. The van der Waals surface area contributed by atoms with E-state index >= 15 is 0 Å². The Kier molecular flexibility index (Phi) is 8.04. The molecule has 0 aliphatic heterocycles. The number of aromatic nitrogens is 3. The maximum atomic E-state index is 14.2. The third kappa shape index (κ3) is 6.11. The summed E-state index contributed by atoms with van der Waals surface area (Å²) in [6.45, 7) is 5.63. The molecule has 0 aliphatic carbocycles. The van der Waals surface area contributed by atoms with Crippen LogP contribution < -0.4 is 19.7 Å². The van der Waals surface area contributed by atoms with Crippen LogP contribution in [0.1, 0.15) is 38.8 Å². The van der Waals surface area contributed by atoms with Gasteiger partial charge in [0.15, 0.2) is 0 Å². The Morgan fingerprint density at radius 1 is 1.03 bits per heavy atom. The normalized spacial score (nSPS) is 12.1. The van der Waals surface area contributed by atoms with Crippen LogP contribution in [0.25, 0.3) is 11.0 Å². The standard InChI is InChI=1S/C29H33N5O5/c1-6-29(2,3)30-28(37)27(19-11-13-21(35)14-12-19)34(20-15-22(38-4)17-23(16-20)39-5)26(36)18-33-25-10-8-7-9-24(25)31-32-33/h7-17,27,35H,6,18H2,1-5H3,(H,30,37). The van der Waals surface area contributed by atoms with Crippen LogP contribution in [0.5, 0.6) is 17.2 Å². The third-order valence-electron chi connectivity index (χ3n) is 6.65. The van der Waals surface area contributed by atoms with Crippen LogP contribution in [-0.4, -0.2) is 51.7 Å². The van der Waals surface area contributed by atoms with E-state index in [2.05, 4.69) is 15.6 Å². The van der Waals surface area contributed by atoms with Crippen LogP contribution in [0.4, 0.5) is 5.69 Å². The lowest BCUT2D eigenvalue weighted by atomic mass is 9.98. The summed E-state index contributed by atoms with van der Waals surface area (Å²) in [5.41, 5.74) is 1.71. The summed E-state index contributed by atoms with van der Waals surface area (Å²) in [5, 5.41) is 21.4. The summed E-state index contributed by atoms with van der Waals surface area (Å²) in [5.74, 6) is 0.149. The Morgan fingerprint density at radius 3 is 2.28 bits per heavy atom. The van der Waals surface area contributed by atoms with Crippen molar-refractivity contribution < 1.29 is 24.2 Å². The Hall–Kier alpha value is -4.60. The number of aromatic hydroxyl groups is 1. The maximum absolute atomic E-state index is 14.2. The number of phenols is 1. The first-order valence-corrected chi connectivity index (χ1v) is 12.6. The molecule has 10 nitrogen and oxygen atoms in total. The number of carbonyl (C=O) groups is 2. The second kappa shape index (κ2) is 11.4. The number of para-hydroxylation sites is 1. The number of carbonyl (C=O) groups excluding carboxylic acids is 2. The molecule has 0 spiro atoms. The van der Waals surface area contributed by atoms with Crippen molar-refractivity contribution in [3.8, 4) is 17.2 Å². The molecule has 0 saturated carbocycles. The van der Waals surface area contributed by atoms with Gasteiger partial charge in [0.2, 0.25) is 11.8 Å². The van der Waals surface area contributed by atoms with Gasteiger partial charge in [-0.05, 0) is 50.1 Å². The summed E-state index contributed by atoms with van der Waals surface area (Å²) < 4.78 is 12.4. The third-order valence-corrected chi connectivity index (χ3v) is 6.65. The Morgan fingerprint density at radius 2 is 1.67 bits per heavy atom. The van der Waals surface area contributed by atoms with E-state index in [1.165, 1.54) is 35.9 Å². The van der Waals surface area contributed by atoms with Crippen LogP contribution in [-0.2, 0) is 16.1 Å². The number of methoxy groups -OCH3 is 2. The predicted octanol–water partition coefficient (Wildman–Crippen LogP) is 4.23. The highest BCUT2D eigenvalue weighted by molar-refractivity contribution is 6.02. The topological polar surface area (TPSA) is 119 Å². The number of rotatable bonds is 10. The number of nitrogens with zero attached hydrogens (tertiary/aromatic N) is 4. The van der Waals surface area contributed by atoms with E-state index in [4.69, 9.17) is 9.47 Å². The van der Waals surface area contributed by atoms with Gasteiger partial charge in [-0.25, -0.2) is 4.68 Å². The number of fused-ring (bicyclic) bond motifs is 1. The van der Waals surface area contributed by atoms with Crippen LogP contribution in [0.3, 0.4) is 0 Å².